The number of nitrogens with two attached hydrogens (primary N) is 1. The Kier molecular flexibility index (Phi) is 4.85. The lowest BCUT2D eigenvalue weighted by molar-refractivity contribution is 0.0696. The van der Waals surface area contributed by atoms with E-state index in [-0.39, 0.29) is 17.5 Å². The van der Waals surface area contributed by atoms with Crippen molar-refractivity contribution in [2.24, 2.45) is 10.7 Å². The number of aryl methyl sites for hydroxylation is 2. The summed E-state index contributed by atoms with van der Waals surface area (Å²) in [5.41, 5.74) is 9.47. The molecule has 3 rings (SSSR count). The Hall–Kier alpha value is -3.74. The molecule has 0 spiro atoms. The van der Waals surface area contributed by atoms with Crippen LogP contribution in [0, 0.1) is 13.8 Å². The third-order valence-electron chi connectivity index (χ3n) is 4.01. The maximum atomic E-state index is 11.3. The topological polar surface area (TPSA) is 113 Å². The zero-order valence-electron chi connectivity index (χ0n) is 15.0. The fourth-order valence-corrected chi connectivity index (χ4v) is 2.72. The highest BCUT2D eigenvalue weighted by Gasteiger charge is 2.12. The number of carboxylic acids is 1. The molecule has 27 heavy (non-hydrogen) atoms. The number of fused-ring (bicyclic) bond motifs is 1. The highest BCUT2D eigenvalue weighted by atomic mass is 16.4. The first-order valence-electron chi connectivity index (χ1n) is 8.23. The van der Waals surface area contributed by atoms with E-state index in [0.717, 1.165) is 22.2 Å². The smallest absolute Gasteiger partial charge is 0.336 e. The zero-order chi connectivity index (χ0) is 19.6. The molecular weight excluding hydrogens is 342 g/mol. The Balaban J connectivity index is 1.89. The number of guanidine groups is 1. The summed E-state index contributed by atoms with van der Waals surface area (Å²) in [6, 6.07) is 12.4. The van der Waals surface area contributed by atoms with E-state index in [1.165, 1.54) is 6.07 Å². The molecule has 0 aliphatic carbocycles. The van der Waals surface area contributed by atoms with E-state index in [0.29, 0.717) is 11.3 Å². The SMILES string of the molecule is C=C(NC(N)=Nc1nc(C)c2ccc(C)cc2n1)c1ccccc1C(=O)O. The lowest BCUT2D eigenvalue weighted by atomic mass is 10.1. The van der Waals surface area contributed by atoms with Crippen molar-refractivity contribution in [3.05, 3.63) is 71.4 Å². The first kappa shape index (κ1) is 18.1. The molecule has 3 aromatic rings. The molecule has 0 bridgehead atoms. The molecule has 1 aromatic heterocycles. The maximum Gasteiger partial charge on any atom is 0.336 e. The number of rotatable bonds is 4. The summed E-state index contributed by atoms with van der Waals surface area (Å²) < 4.78 is 0. The van der Waals surface area contributed by atoms with Crippen LogP contribution in [0.3, 0.4) is 0 Å². The zero-order valence-corrected chi connectivity index (χ0v) is 15.0. The number of carbonyl (C=O) groups is 1. The van der Waals surface area contributed by atoms with E-state index in [1.54, 1.807) is 18.2 Å². The Labute approximate surface area is 156 Å². The fourth-order valence-electron chi connectivity index (χ4n) is 2.72. The molecule has 0 amide bonds. The van der Waals surface area contributed by atoms with Crippen LogP contribution < -0.4 is 11.1 Å². The minimum Gasteiger partial charge on any atom is -0.478 e. The summed E-state index contributed by atoms with van der Waals surface area (Å²) in [6.45, 7) is 7.72. The van der Waals surface area contributed by atoms with Gasteiger partial charge in [-0.1, -0.05) is 36.9 Å². The highest BCUT2D eigenvalue weighted by molar-refractivity contribution is 5.97. The Morgan fingerprint density at radius 1 is 1.15 bits per heavy atom. The van der Waals surface area contributed by atoms with Crippen LogP contribution in [0.5, 0.6) is 0 Å². The van der Waals surface area contributed by atoms with Crippen molar-refractivity contribution in [3.8, 4) is 0 Å². The summed E-state index contributed by atoms with van der Waals surface area (Å²) in [7, 11) is 0. The Morgan fingerprint density at radius 3 is 2.56 bits per heavy atom. The minimum absolute atomic E-state index is 0.0200. The van der Waals surface area contributed by atoms with Crippen molar-refractivity contribution in [2.75, 3.05) is 0 Å². The van der Waals surface area contributed by atoms with E-state index in [4.69, 9.17) is 5.73 Å². The van der Waals surface area contributed by atoms with Crippen LogP contribution in [-0.2, 0) is 0 Å². The van der Waals surface area contributed by atoms with Gasteiger partial charge in [-0.3, -0.25) is 0 Å². The van der Waals surface area contributed by atoms with Crippen LogP contribution in [0.4, 0.5) is 5.95 Å². The van der Waals surface area contributed by atoms with Crippen LogP contribution in [0.1, 0.15) is 27.2 Å². The molecule has 0 fully saturated rings. The third-order valence-corrected chi connectivity index (χ3v) is 4.01. The first-order valence-corrected chi connectivity index (χ1v) is 8.23. The number of carboxylic acid groups (broad SMARTS) is 1. The number of hydrogen-bond donors (Lipinski definition) is 3. The van der Waals surface area contributed by atoms with Gasteiger partial charge in [0.15, 0.2) is 0 Å². The fraction of sp³-hybridized carbons (Fsp3) is 0.100. The molecule has 0 saturated carbocycles. The largest absolute Gasteiger partial charge is 0.478 e. The molecule has 0 aliphatic heterocycles. The molecule has 0 radical (unpaired) electrons. The van der Waals surface area contributed by atoms with Gasteiger partial charge in [0, 0.05) is 16.6 Å². The molecule has 1 heterocycles. The number of hydrogen-bond acceptors (Lipinski definition) is 4. The van der Waals surface area contributed by atoms with Crippen LogP contribution in [0.2, 0.25) is 0 Å². The molecule has 0 saturated heterocycles. The molecule has 136 valence electrons. The van der Waals surface area contributed by atoms with Gasteiger partial charge in [-0.05, 0) is 31.5 Å². The van der Waals surface area contributed by atoms with Gasteiger partial charge in [0.2, 0.25) is 5.96 Å². The van der Waals surface area contributed by atoms with Crippen LogP contribution in [-0.4, -0.2) is 27.0 Å². The van der Waals surface area contributed by atoms with Crippen LogP contribution in [0.15, 0.2) is 54.0 Å². The van der Waals surface area contributed by atoms with E-state index >= 15 is 0 Å². The van der Waals surface area contributed by atoms with Gasteiger partial charge in [0.25, 0.3) is 5.95 Å². The monoisotopic (exact) mass is 361 g/mol. The lowest BCUT2D eigenvalue weighted by Crippen LogP contribution is -2.30. The first-order chi connectivity index (χ1) is 12.8. The van der Waals surface area contributed by atoms with Crippen molar-refractivity contribution >= 4 is 34.5 Å². The predicted molar refractivity (Wildman–Crippen MR) is 106 cm³/mol. The highest BCUT2D eigenvalue weighted by Crippen LogP contribution is 2.20. The summed E-state index contributed by atoms with van der Waals surface area (Å²) in [4.78, 5) is 24.3. The number of aromatic carboxylic acids is 1. The maximum absolute atomic E-state index is 11.3. The van der Waals surface area contributed by atoms with E-state index in [2.05, 4.69) is 26.9 Å². The number of aliphatic imine (C=N–C) groups is 1. The van der Waals surface area contributed by atoms with Crippen LogP contribution in [0.25, 0.3) is 16.6 Å². The normalized spacial score (nSPS) is 11.4. The second-order valence-electron chi connectivity index (χ2n) is 6.08. The quantitative estimate of drug-likeness (QED) is 0.486. The lowest BCUT2D eigenvalue weighted by Gasteiger charge is -2.11. The van der Waals surface area contributed by atoms with Gasteiger partial charge in [-0.2, -0.15) is 4.99 Å². The average Bonchev–Trinajstić information content (AvgIpc) is 2.61. The van der Waals surface area contributed by atoms with Gasteiger partial charge in [-0.15, -0.1) is 0 Å². The molecule has 0 atom stereocenters. The summed E-state index contributed by atoms with van der Waals surface area (Å²) >= 11 is 0. The second-order valence-corrected chi connectivity index (χ2v) is 6.08. The van der Waals surface area contributed by atoms with Gasteiger partial charge in [0.1, 0.15) is 0 Å². The molecule has 0 unspecified atom stereocenters. The van der Waals surface area contributed by atoms with Gasteiger partial charge in [0.05, 0.1) is 16.8 Å². The third kappa shape index (κ3) is 3.92. The summed E-state index contributed by atoms with van der Waals surface area (Å²) in [6.07, 6.45) is 0. The van der Waals surface area contributed by atoms with Crippen molar-refractivity contribution in [3.63, 3.8) is 0 Å². The number of aromatic nitrogens is 2. The molecule has 2 aromatic carbocycles. The van der Waals surface area contributed by atoms with Crippen molar-refractivity contribution in [1.82, 2.24) is 15.3 Å². The number of benzene rings is 2. The standard InChI is InChI=1S/C20H19N5O2/c1-11-8-9-15-13(3)23-20(24-17(15)10-11)25-19(21)22-12(2)14-6-4-5-7-16(14)18(26)27/h4-10H,2H2,1,3H3,(H,26,27)(H3,21,22,23,24,25). The van der Waals surface area contributed by atoms with Gasteiger partial charge in [-0.25, -0.2) is 14.8 Å². The molecule has 0 aliphatic rings. The number of nitrogens with one attached hydrogen (secondary N) is 1. The van der Waals surface area contributed by atoms with Crippen molar-refractivity contribution < 1.29 is 9.90 Å². The minimum atomic E-state index is -1.05. The van der Waals surface area contributed by atoms with E-state index in [1.807, 2.05) is 32.0 Å². The molecule has 7 heteroatoms. The Morgan fingerprint density at radius 2 is 1.85 bits per heavy atom. The van der Waals surface area contributed by atoms with E-state index in [9.17, 15) is 9.90 Å². The van der Waals surface area contributed by atoms with Crippen LogP contribution >= 0.6 is 0 Å². The molecule has 4 N–H and O–H groups in total. The average molecular weight is 361 g/mol. The summed E-state index contributed by atoms with van der Waals surface area (Å²) in [5.74, 6) is -0.811. The number of nitrogens with zero attached hydrogens (tertiary/aromatic N) is 3. The predicted octanol–water partition coefficient (Wildman–Crippen LogP) is 3.15. The summed E-state index contributed by atoms with van der Waals surface area (Å²) in [5, 5.41) is 13.0. The second kappa shape index (κ2) is 7.25. The van der Waals surface area contributed by atoms with Crippen molar-refractivity contribution in [1.29, 1.82) is 0 Å². The van der Waals surface area contributed by atoms with Gasteiger partial charge < -0.3 is 16.2 Å². The molecule has 7 nitrogen and oxygen atoms in total. The van der Waals surface area contributed by atoms with E-state index < -0.39 is 5.97 Å². The molecular formula is C20H19N5O2. The Bertz CT molecular complexity index is 1090. The van der Waals surface area contributed by atoms with Crippen molar-refractivity contribution in [2.45, 2.75) is 13.8 Å². The van der Waals surface area contributed by atoms with Gasteiger partial charge >= 0.3 is 5.97 Å².